The normalized spacial score (nSPS) is 11.4. The van der Waals surface area contributed by atoms with E-state index in [1.54, 1.807) is 25.2 Å². The van der Waals surface area contributed by atoms with Gasteiger partial charge in [0.25, 0.3) is 10.0 Å². The Balaban J connectivity index is 2.36. The first-order valence-corrected chi connectivity index (χ1v) is 8.42. The van der Waals surface area contributed by atoms with E-state index >= 15 is 0 Å². The van der Waals surface area contributed by atoms with Crippen LogP contribution in [0.2, 0.25) is 0 Å². The summed E-state index contributed by atoms with van der Waals surface area (Å²) in [4.78, 5) is 0.0883. The summed E-state index contributed by atoms with van der Waals surface area (Å²) >= 11 is 3.13. The Labute approximate surface area is 131 Å². The van der Waals surface area contributed by atoms with Gasteiger partial charge in [-0.15, -0.1) is 0 Å². The average molecular weight is 373 g/mol. The molecule has 0 spiro atoms. The first-order valence-electron chi connectivity index (χ1n) is 6.14. The van der Waals surface area contributed by atoms with Crippen molar-refractivity contribution in [2.75, 3.05) is 11.8 Å². The lowest BCUT2D eigenvalue weighted by molar-refractivity contribution is 0.598. The second kappa shape index (κ2) is 6.55. The maximum Gasteiger partial charge on any atom is 0.262 e. The van der Waals surface area contributed by atoms with Crippen LogP contribution >= 0.6 is 15.9 Å². The van der Waals surface area contributed by atoms with Crippen molar-refractivity contribution in [1.82, 2.24) is 5.32 Å². The first kappa shape index (κ1) is 15.9. The van der Waals surface area contributed by atoms with Crippen LogP contribution in [-0.2, 0) is 16.6 Å². The van der Waals surface area contributed by atoms with Gasteiger partial charge in [0.05, 0.1) is 10.6 Å². The van der Waals surface area contributed by atoms with Gasteiger partial charge >= 0.3 is 0 Å². The molecule has 0 aliphatic carbocycles. The molecule has 0 fully saturated rings. The quantitative estimate of drug-likeness (QED) is 0.847. The highest BCUT2D eigenvalue weighted by Gasteiger charge is 2.18. The topological polar surface area (TPSA) is 58.2 Å². The van der Waals surface area contributed by atoms with E-state index in [1.165, 1.54) is 18.2 Å². The SMILES string of the molecule is CNCc1cccc(S(=O)(=O)Nc2c(F)cccc2Br)c1. The van der Waals surface area contributed by atoms with Gasteiger partial charge in [0.1, 0.15) is 5.82 Å². The number of hydrogen-bond donors (Lipinski definition) is 2. The summed E-state index contributed by atoms with van der Waals surface area (Å²) in [6, 6.07) is 10.7. The smallest absolute Gasteiger partial charge is 0.262 e. The van der Waals surface area contributed by atoms with Gasteiger partial charge in [0.2, 0.25) is 0 Å². The fourth-order valence-electron chi connectivity index (χ4n) is 1.82. The number of rotatable bonds is 5. The molecule has 0 bridgehead atoms. The molecule has 0 aromatic heterocycles. The predicted octanol–water partition coefficient (Wildman–Crippen LogP) is 3.11. The van der Waals surface area contributed by atoms with Crippen molar-refractivity contribution in [1.29, 1.82) is 0 Å². The minimum atomic E-state index is -3.85. The Morgan fingerprint density at radius 1 is 1.19 bits per heavy atom. The van der Waals surface area contributed by atoms with Crippen molar-refractivity contribution < 1.29 is 12.8 Å². The van der Waals surface area contributed by atoms with Crippen LogP contribution in [0.5, 0.6) is 0 Å². The summed E-state index contributed by atoms with van der Waals surface area (Å²) in [6.45, 7) is 0.548. The number of benzene rings is 2. The number of halogens is 2. The number of nitrogens with one attached hydrogen (secondary N) is 2. The molecular weight excluding hydrogens is 359 g/mol. The zero-order chi connectivity index (χ0) is 15.5. The standard InChI is InChI=1S/C14H14BrFN2O2S/c1-17-9-10-4-2-5-11(8-10)21(19,20)18-14-12(15)6-3-7-13(14)16/h2-8,17-18H,9H2,1H3. The minimum absolute atomic E-state index is 0.0883. The Bertz CT molecular complexity index is 730. The van der Waals surface area contributed by atoms with Crippen LogP contribution in [0, 0.1) is 5.82 Å². The highest BCUT2D eigenvalue weighted by Crippen LogP contribution is 2.27. The van der Waals surface area contributed by atoms with Gasteiger partial charge in [-0.2, -0.15) is 0 Å². The van der Waals surface area contributed by atoms with Crippen molar-refractivity contribution >= 4 is 31.6 Å². The van der Waals surface area contributed by atoms with Crippen LogP contribution in [-0.4, -0.2) is 15.5 Å². The van der Waals surface area contributed by atoms with E-state index in [4.69, 9.17) is 0 Å². The minimum Gasteiger partial charge on any atom is -0.316 e. The lowest BCUT2D eigenvalue weighted by Crippen LogP contribution is -2.15. The van der Waals surface area contributed by atoms with Crippen LogP contribution < -0.4 is 10.0 Å². The summed E-state index contributed by atoms with van der Waals surface area (Å²) < 4.78 is 41.0. The van der Waals surface area contributed by atoms with Crippen LogP contribution in [0.25, 0.3) is 0 Å². The van der Waals surface area contributed by atoms with Gasteiger partial charge in [0.15, 0.2) is 0 Å². The highest BCUT2D eigenvalue weighted by molar-refractivity contribution is 9.10. The molecule has 0 heterocycles. The zero-order valence-corrected chi connectivity index (χ0v) is 13.6. The van der Waals surface area contributed by atoms with E-state index in [0.29, 0.717) is 11.0 Å². The number of sulfonamides is 1. The summed E-state index contributed by atoms with van der Waals surface area (Å²) in [5, 5.41) is 2.95. The Hall–Kier alpha value is -1.44. The van der Waals surface area contributed by atoms with Crippen molar-refractivity contribution in [2.24, 2.45) is 0 Å². The third-order valence-corrected chi connectivity index (χ3v) is 4.80. The molecule has 112 valence electrons. The molecule has 0 radical (unpaired) electrons. The van der Waals surface area contributed by atoms with Crippen molar-refractivity contribution in [3.63, 3.8) is 0 Å². The Morgan fingerprint density at radius 3 is 2.57 bits per heavy atom. The van der Waals surface area contributed by atoms with Crippen LogP contribution in [0.4, 0.5) is 10.1 Å². The molecule has 2 N–H and O–H groups in total. The molecule has 0 aliphatic rings. The second-order valence-electron chi connectivity index (χ2n) is 4.38. The molecular formula is C14H14BrFN2O2S. The molecule has 4 nitrogen and oxygen atoms in total. The zero-order valence-electron chi connectivity index (χ0n) is 11.2. The van der Waals surface area contributed by atoms with Gasteiger partial charge in [-0.1, -0.05) is 18.2 Å². The molecule has 0 atom stereocenters. The highest BCUT2D eigenvalue weighted by atomic mass is 79.9. The third-order valence-electron chi connectivity index (χ3n) is 2.79. The fraction of sp³-hybridized carbons (Fsp3) is 0.143. The fourth-order valence-corrected chi connectivity index (χ4v) is 3.55. The monoisotopic (exact) mass is 372 g/mol. The lowest BCUT2D eigenvalue weighted by Gasteiger charge is -2.11. The van der Waals surface area contributed by atoms with E-state index in [2.05, 4.69) is 26.0 Å². The van der Waals surface area contributed by atoms with Crippen molar-refractivity contribution in [3.8, 4) is 0 Å². The number of para-hydroxylation sites is 1. The summed E-state index contributed by atoms with van der Waals surface area (Å²) in [5.74, 6) is -0.640. The van der Waals surface area contributed by atoms with Gasteiger partial charge in [-0.3, -0.25) is 4.72 Å². The molecule has 7 heteroatoms. The van der Waals surface area contributed by atoms with Gasteiger partial charge in [-0.25, -0.2) is 12.8 Å². The van der Waals surface area contributed by atoms with E-state index < -0.39 is 15.8 Å². The summed E-state index contributed by atoms with van der Waals surface area (Å²) in [5.41, 5.74) is 0.726. The van der Waals surface area contributed by atoms with Crippen molar-refractivity contribution in [3.05, 3.63) is 58.3 Å². The average Bonchev–Trinajstić information content (AvgIpc) is 2.44. The van der Waals surface area contributed by atoms with Gasteiger partial charge < -0.3 is 5.32 Å². The molecule has 2 rings (SSSR count). The van der Waals surface area contributed by atoms with Gasteiger partial charge in [0, 0.05) is 11.0 Å². The number of hydrogen-bond acceptors (Lipinski definition) is 3. The third kappa shape index (κ3) is 3.81. The summed E-state index contributed by atoms with van der Waals surface area (Å²) in [7, 11) is -2.07. The van der Waals surface area contributed by atoms with Crippen LogP contribution in [0.3, 0.4) is 0 Å². The molecule has 0 amide bonds. The summed E-state index contributed by atoms with van der Waals surface area (Å²) in [6.07, 6.45) is 0. The largest absolute Gasteiger partial charge is 0.316 e. The lowest BCUT2D eigenvalue weighted by atomic mass is 10.2. The van der Waals surface area contributed by atoms with E-state index in [-0.39, 0.29) is 10.6 Å². The maximum absolute atomic E-state index is 13.7. The van der Waals surface area contributed by atoms with Crippen LogP contribution in [0.1, 0.15) is 5.56 Å². The van der Waals surface area contributed by atoms with Gasteiger partial charge in [-0.05, 0) is 52.8 Å². The second-order valence-corrected chi connectivity index (χ2v) is 6.92. The van der Waals surface area contributed by atoms with Crippen molar-refractivity contribution in [2.45, 2.75) is 11.4 Å². The molecule has 0 saturated carbocycles. The van der Waals surface area contributed by atoms with E-state index in [1.807, 2.05) is 6.07 Å². The Morgan fingerprint density at radius 2 is 1.90 bits per heavy atom. The molecule has 0 saturated heterocycles. The molecule has 2 aromatic rings. The van der Waals surface area contributed by atoms with E-state index in [0.717, 1.165) is 5.56 Å². The first-order chi connectivity index (χ1) is 9.94. The molecule has 2 aromatic carbocycles. The predicted molar refractivity (Wildman–Crippen MR) is 84.1 cm³/mol. The molecule has 0 unspecified atom stereocenters. The van der Waals surface area contributed by atoms with Crippen LogP contribution in [0.15, 0.2) is 51.8 Å². The van der Waals surface area contributed by atoms with E-state index in [9.17, 15) is 12.8 Å². The molecule has 21 heavy (non-hydrogen) atoms. The number of anilines is 1. The Kier molecular flexibility index (Phi) is 4.97. The molecule has 0 aliphatic heterocycles. The maximum atomic E-state index is 13.7.